The standard InChI is InChI=1S/C12H15BrN2O4S/c1-14(5-8-4-10(13)20-7-8)12(18)15-2-3-19-9(6-15)11(16)17/h4,7,9H,2-3,5-6H2,1H3,(H,16,17). The van der Waals surface area contributed by atoms with E-state index in [1.54, 1.807) is 23.3 Å². The maximum absolute atomic E-state index is 12.3. The zero-order valence-corrected chi connectivity index (χ0v) is 13.3. The quantitative estimate of drug-likeness (QED) is 0.890. The van der Waals surface area contributed by atoms with Gasteiger partial charge in [0, 0.05) is 20.1 Å². The number of carbonyl (C=O) groups is 2. The van der Waals surface area contributed by atoms with Gasteiger partial charge in [-0.1, -0.05) is 0 Å². The van der Waals surface area contributed by atoms with Crippen molar-refractivity contribution < 1.29 is 19.4 Å². The second-order valence-electron chi connectivity index (χ2n) is 4.54. The van der Waals surface area contributed by atoms with Gasteiger partial charge in [-0.15, -0.1) is 11.3 Å². The fourth-order valence-corrected chi connectivity index (χ4v) is 3.18. The summed E-state index contributed by atoms with van der Waals surface area (Å²) in [5.74, 6) is -1.04. The molecule has 1 N–H and O–H groups in total. The molecule has 6 nitrogen and oxygen atoms in total. The van der Waals surface area contributed by atoms with E-state index in [0.29, 0.717) is 13.1 Å². The molecule has 1 unspecified atom stereocenters. The van der Waals surface area contributed by atoms with Crippen molar-refractivity contribution in [3.8, 4) is 0 Å². The van der Waals surface area contributed by atoms with Crippen molar-refractivity contribution >= 4 is 39.3 Å². The SMILES string of the molecule is CN(Cc1csc(Br)c1)C(=O)N1CCOC(C(=O)O)C1. The van der Waals surface area contributed by atoms with Gasteiger partial charge in [-0.05, 0) is 32.9 Å². The van der Waals surface area contributed by atoms with Crippen molar-refractivity contribution in [3.63, 3.8) is 0 Å². The fourth-order valence-electron chi connectivity index (χ4n) is 1.98. The number of hydrogen-bond acceptors (Lipinski definition) is 4. The molecule has 0 spiro atoms. The van der Waals surface area contributed by atoms with Crippen molar-refractivity contribution in [3.05, 3.63) is 20.8 Å². The minimum atomic E-state index is -1.04. The first-order valence-corrected chi connectivity index (χ1v) is 7.72. The number of aliphatic carboxylic acids is 1. The van der Waals surface area contributed by atoms with Crippen LogP contribution in [0.2, 0.25) is 0 Å². The Bertz CT molecular complexity index is 507. The summed E-state index contributed by atoms with van der Waals surface area (Å²) in [5, 5.41) is 10.9. The van der Waals surface area contributed by atoms with E-state index >= 15 is 0 Å². The summed E-state index contributed by atoms with van der Waals surface area (Å²) in [6.45, 7) is 1.25. The molecular weight excluding hydrogens is 348 g/mol. The summed E-state index contributed by atoms with van der Waals surface area (Å²) in [5.41, 5.74) is 1.04. The first kappa shape index (κ1) is 15.3. The zero-order chi connectivity index (χ0) is 14.7. The maximum Gasteiger partial charge on any atom is 0.334 e. The van der Waals surface area contributed by atoms with Gasteiger partial charge in [0.1, 0.15) is 0 Å². The van der Waals surface area contributed by atoms with Gasteiger partial charge < -0.3 is 19.6 Å². The Hall–Kier alpha value is -1.12. The smallest absolute Gasteiger partial charge is 0.334 e. The molecule has 0 radical (unpaired) electrons. The highest BCUT2D eigenvalue weighted by molar-refractivity contribution is 9.11. The first-order chi connectivity index (χ1) is 9.47. The molecule has 2 rings (SSSR count). The third-order valence-electron chi connectivity index (χ3n) is 2.98. The third-order valence-corrected chi connectivity index (χ3v) is 4.53. The number of ether oxygens (including phenoxy) is 1. The normalized spacial score (nSPS) is 18.9. The molecule has 110 valence electrons. The highest BCUT2D eigenvalue weighted by Gasteiger charge is 2.30. The Kier molecular flexibility index (Phi) is 5.00. The molecule has 1 saturated heterocycles. The highest BCUT2D eigenvalue weighted by Crippen LogP contribution is 2.22. The number of carboxylic acids is 1. The van der Waals surface area contributed by atoms with E-state index in [4.69, 9.17) is 9.84 Å². The molecule has 2 heterocycles. The van der Waals surface area contributed by atoms with E-state index in [9.17, 15) is 9.59 Å². The molecule has 1 aliphatic rings. The highest BCUT2D eigenvalue weighted by atomic mass is 79.9. The Labute approximate surface area is 129 Å². The van der Waals surface area contributed by atoms with Crippen molar-refractivity contribution in [1.82, 2.24) is 9.80 Å². The predicted molar refractivity (Wildman–Crippen MR) is 77.8 cm³/mol. The largest absolute Gasteiger partial charge is 0.479 e. The molecule has 1 atom stereocenters. The van der Waals surface area contributed by atoms with Gasteiger partial charge in [0.25, 0.3) is 0 Å². The van der Waals surface area contributed by atoms with E-state index in [1.165, 1.54) is 4.90 Å². The van der Waals surface area contributed by atoms with Crippen LogP contribution in [0.1, 0.15) is 5.56 Å². The summed E-state index contributed by atoms with van der Waals surface area (Å²) in [6, 6.07) is 1.79. The van der Waals surface area contributed by atoms with Crippen LogP contribution in [0.5, 0.6) is 0 Å². The van der Waals surface area contributed by atoms with Crippen LogP contribution in [0.25, 0.3) is 0 Å². The number of nitrogens with zero attached hydrogens (tertiary/aromatic N) is 2. The number of morpholine rings is 1. The third kappa shape index (κ3) is 3.71. The van der Waals surface area contributed by atoms with Gasteiger partial charge in [0.15, 0.2) is 6.10 Å². The summed E-state index contributed by atoms with van der Waals surface area (Å²) in [4.78, 5) is 26.3. The lowest BCUT2D eigenvalue weighted by molar-refractivity contribution is -0.154. The molecule has 0 saturated carbocycles. The Morgan fingerprint density at radius 1 is 1.65 bits per heavy atom. The van der Waals surface area contributed by atoms with Crippen LogP contribution in [0, 0.1) is 0 Å². The van der Waals surface area contributed by atoms with Crippen LogP contribution in [0.15, 0.2) is 15.2 Å². The van der Waals surface area contributed by atoms with Crippen LogP contribution in [-0.4, -0.2) is 59.8 Å². The predicted octanol–water partition coefficient (Wildman–Crippen LogP) is 1.85. The summed E-state index contributed by atoms with van der Waals surface area (Å²) in [7, 11) is 1.71. The second kappa shape index (κ2) is 6.55. The Balaban J connectivity index is 1.94. The van der Waals surface area contributed by atoms with Crippen molar-refractivity contribution in [1.29, 1.82) is 0 Å². The van der Waals surface area contributed by atoms with Gasteiger partial charge in [0.05, 0.1) is 16.9 Å². The van der Waals surface area contributed by atoms with Crippen LogP contribution < -0.4 is 0 Å². The minimum Gasteiger partial charge on any atom is -0.479 e. The number of halogens is 1. The van der Waals surface area contributed by atoms with Gasteiger partial charge in [-0.2, -0.15) is 0 Å². The molecule has 8 heteroatoms. The van der Waals surface area contributed by atoms with Crippen molar-refractivity contribution in [2.24, 2.45) is 0 Å². The lowest BCUT2D eigenvalue weighted by atomic mass is 10.3. The summed E-state index contributed by atoms with van der Waals surface area (Å²) >= 11 is 4.95. The molecule has 1 aliphatic heterocycles. The number of hydrogen-bond donors (Lipinski definition) is 1. The minimum absolute atomic E-state index is 0.0891. The van der Waals surface area contributed by atoms with E-state index in [2.05, 4.69) is 15.9 Å². The molecule has 2 amide bonds. The first-order valence-electron chi connectivity index (χ1n) is 6.04. The molecule has 0 aliphatic carbocycles. The second-order valence-corrected chi connectivity index (χ2v) is 6.83. The molecule has 1 fully saturated rings. The average molecular weight is 363 g/mol. The summed E-state index contributed by atoms with van der Waals surface area (Å²) < 4.78 is 6.12. The van der Waals surface area contributed by atoms with Gasteiger partial charge in [0.2, 0.25) is 0 Å². The number of carboxylic acid groups (broad SMARTS) is 1. The van der Waals surface area contributed by atoms with Gasteiger partial charge in [-0.3, -0.25) is 0 Å². The summed E-state index contributed by atoms with van der Waals surface area (Å²) in [6.07, 6.45) is -0.934. The Morgan fingerprint density at radius 2 is 2.40 bits per heavy atom. The Morgan fingerprint density at radius 3 is 3.00 bits per heavy atom. The fraction of sp³-hybridized carbons (Fsp3) is 0.500. The number of thiophene rings is 1. The van der Waals surface area contributed by atoms with Crippen molar-refractivity contribution in [2.45, 2.75) is 12.6 Å². The van der Waals surface area contributed by atoms with E-state index in [1.807, 2.05) is 11.4 Å². The number of rotatable bonds is 3. The van der Waals surface area contributed by atoms with E-state index in [0.717, 1.165) is 9.35 Å². The molecule has 20 heavy (non-hydrogen) atoms. The number of urea groups is 1. The van der Waals surface area contributed by atoms with Crippen LogP contribution in [0.4, 0.5) is 4.79 Å². The molecular formula is C12H15BrN2O4S. The number of carbonyl (C=O) groups excluding carboxylic acids is 1. The molecule has 0 aromatic carbocycles. The van der Waals surface area contributed by atoms with Crippen LogP contribution in [0.3, 0.4) is 0 Å². The monoisotopic (exact) mass is 362 g/mol. The van der Waals surface area contributed by atoms with E-state index in [-0.39, 0.29) is 19.2 Å². The van der Waals surface area contributed by atoms with Gasteiger partial charge in [-0.25, -0.2) is 9.59 Å². The lowest BCUT2D eigenvalue weighted by Crippen LogP contribution is -2.51. The molecule has 1 aromatic rings. The van der Waals surface area contributed by atoms with Crippen LogP contribution >= 0.6 is 27.3 Å². The van der Waals surface area contributed by atoms with E-state index < -0.39 is 12.1 Å². The maximum atomic E-state index is 12.3. The zero-order valence-electron chi connectivity index (χ0n) is 10.9. The number of amides is 2. The van der Waals surface area contributed by atoms with Gasteiger partial charge >= 0.3 is 12.0 Å². The van der Waals surface area contributed by atoms with Crippen LogP contribution in [-0.2, 0) is 16.1 Å². The topological polar surface area (TPSA) is 70.1 Å². The lowest BCUT2D eigenvalue weighted by Gasteiger charge is -2.33. The molecule has 1 aromatic heterocycles. The van der Waals surface area contributed by atoms with Crippen molar-refractivity contribution in [2.75, 3.05) is 26.7 Å². The average Bonchev–Trinajstić information content (AvgIpc) is 2.83. The molecule has 0 bridgehead atoms.